The fourth-order valence-corrected chi connectivity index (χ4v) is 2.25. The molecule has 0 aromatic heterocycles. The van der Waals surface area contributed by atoms with Gasteiger partial charge in [0, 0.05) is 13.2 Å². The summed E-state index contributed by atoms with van der Waals surface area (Å²) in [5.41, 5.74) is 11.6. The van der Waals surface area contributed by atoms with Crippen molar-refractivity contribution in [3.05, 3.63) is 16.9 Å². The molecule has 0 radical (unpaired) electrons. The molecule has 100 valence electrons. The van der Waals surface area contributed by atoms with Crippen molar-refractivity contribution in [3.8, 4) is 0 Å². The van der Waals surface area contributed by atoms with Crippen molar-refractivity contribution in [3.63, 3.8) is 0 Å². The molecule has 1 saturated heterocycles. The zero-order valence-corrected chi connectivity index (χ0v) is 11.0. The molecule has 2 rings (SSSR count). The minimum atomic E-state index is -0.615. The highest BCUT2D eigenvalue weighted by molar-refractivity contribution is 6.33. The Bertz CT molecular complexity index is 461. The minimum absolute atomic E-state index is 0.107. The van der Waals surface area contributed by atoms with Crippen molar-refractivity contribution in [1.82, 2.24) is 0 Å². The summed E-state index contributed by atoms with van der Waals surface area (Å²) in [6.07, 6.45) is 1.95. The smallest absolute Gasteiger partial charge is 0.169 e. The molecule has 0 spiro atoms. The molecule has 1 heterocycles. The average Bonchev–Trinajstić information content (AvgIpc) is 2.73. The number of ether oxygens (including phenoxy) is 1. The van der Waals surface area contributed by atoms with Crippen LogP contribution in [0.1, 0.15) is 19.8 Å². The molecule has 0 bridgehead atoms. The van der Waals surface area contributed by atoms with Gasteiger partial charge in [0.1, 0.15) is 5.02 Å². The molecule has 5 N–H and O–H groups in total. The van der Waals surface area contributed by atoms with E-state index in [9.17, 15) is 4.39 Å². The second-order valence-corrected chi connectivity index (χ2v) is 5.19. The Hall–Kier alpha value is -1.20. The summed E-state index contributed by atoms with van der Waals surface area (Å²) in [6.45, 7) is 3.20. The van der Waals surface area contributed by atoms with Gasteiger partial charge in [0.25, 0.3) is 0 Å². The highest BCUT2D eigenvalue weighted by Gasteiger charge is 2.30. The number of benzene rings is 1. The van der Waals surface area contributed by atoms with Gasteiger partial charge in [-0.2, -0.15) is 0 Å². The summed E-state index contributed by atoms with van der Waals surface area (Å²) in [6, 6.07) is 1.45. The van der Waals surface area contributed by atoms with Crippen molar-refractivity contribution in [2.75, 3.05) is 29.9 Å². The summed E-state index contributed by atoms with van der Waals surface area (Å²) in [5.74, 6) is -0.615. The molecule has 1 unspecified atom stereocenters. The first kappa shape index (κ1) is 13.2. The molecule has 6 heteroatoms. The Morgan fingerprint density at radius 3 is 2.83 bits per heavy atom. The number of rotatable bonds is 3. The standard InChI is InChI=1S/C12H17ClFN3O/c1-12(3-2-4-18-12)6-17-11-8(16)5-7(15)9(13)10(11)14/h5,17H,2-4,6,15-16H2,1H3. The quantitative estimate of drug-likeness (QED) is 0.740. The van der Waals surface area contributed by atoms with Crippen LogP contribution in [0.2, 0.25) is 5.02 Å². The van der Waals surface area contributed by atoms with Gasteiger partial charge in [-0.1, -0.05) is 11.6 Å². The molecule has 1 fully saturated rings. The first-order valence-corrected chi connectivity index (χ1v) is 6.21. The highest BCUT2D eigenvalue weighted by atomic mass is 35.5. The van der Waals surface area contributed by atoms with Crippen molar-refractivity contribution < 1.29 is 9.13 Å². The molecule has 1 aliphatic rings. The van der Waals surface area contributed by atoms with Gasteiger partial charge >= 0.3 is 0 Å². The number of nitrogen functional groups attached to an aromatic ring is 2. The van der Waals surface area contributed by atoms with E-state index < -0.39 is 5.82 Å². The van der Waals surface area contributed by atoms with E-state index in [2.05, 4.69) is 5.32 Å². The monoisotopic (exact) mass is 273 g/mol. The van der Waals surface area contributed by atoms with E-state index >= 15 is 0 Å². The Morgan fingerprint density at radius 2 is 2.22 bits per heavy atom. The van der Waals surface area contributed by atoms with Gasteiger partial charge in [-0.05, 0) is 25.8 Å². The van der Waals surface area contributed by atoms with Crippen LogP contribution in [0.3, 0.4) is 0 Å². The Morgan fingerprint density at radius 1 is 1.50 bits per heavy atom. The largest absolute Gasteiger partial charge is 0.397 e. The molecule has 0 aliphatic carbocycles. The highest BCUT2D eigenvalue weighted by Crippen LogP contribution is 2.34. The fraction of sp³-hybridized carbons (Fsp3) is 0.500. The zero-order valence-electron chi connectivity index (χ0n) is 10.2. The lowest BCUT2D eigenvalue weighted by Crippen LogP contribution is -2.33. The third-order valence-corrected chi connectivity index (χ3v) is 3.59. The number of hydrogen-bond acceptors (Lipinski definition) is 4. The summed E-state index contributed by atoms with van der Waals surface area (Å²) >= 11 is 5.76. The number of halogens is 2. The Labute approximate surface area is 110 Å². The van der Waals surface area contributed by atoms with Crippen molar-refractivity contribution in [1.29, 1.82) is 0 Å². The molecular formula is C12H17ClFN3O. The predicted octanol–water partition coefficient (Wildman–Crippen LogP) is 2.62. The topological polar surface area (TPSA) is 73.3 Å². The number of hydrogen-bond donors (Lipinski definition) is 3. The van der Waals surface area contributed by atoms with Gasteiger partial charge in [-0.25, -0.2) is 4.39 Å². The van der Waals surface area contributed by atoms with Crippen LogP contribution in [0.25, 0.3) is 0 Å². The third-order valence-electron chi connectivity index (χ3n) is 3.20. The molecule has 0 saturated carbocycles. The predicted molar refractivity (Wildman–Crippen MR) is 72.3 cm³/mol. The molecule has 4 nitrogen and oxygen atoms in total. The maximum atomic E-state index is 13.9. The van der Waals surface area contributed by atoms with Gasteiger partial charge in [0.15, 0.2) is 5.82 Å². The number of nitrogens with one attached hydrogen (secondary N) is 1. The van der Waals surface area contributed by atoms with Crippen LogP contribution in [-0.4, -0.2) is 18.8 Å². The van der Waals surface area contributed by atoms with E-state index in [4.69, 9.17) is 27.8 Å². The van der Waals surface area contributed by atoms with Gasteiger partial charge in [0.05, 0.1) is 22.7 Å². The van der Waals surface area contributed by atoms with Crippen LogP contribution >= 0.6 is 11.6 Å². The SMILES string of the molecule is CC1(CNc2c(N)cc(N)c(Cl)c2F)CCCO1. The average molecular weight is 274 g/mol. The number of nitrogens with two attached hydrogens (primary N) is 2. The van der Waals surface area contributed by atoms with E-state index in [1.165, 1.54) is 6.07 Å². The van der Waals surface area contributed by atoms with Crippen LogP contribution in [0.5, 0.6) is 0 Å². The fourth-order valence-electron chi connectivity index (χ4n) is 2.10. The van der Waals surface area contributed by atoms with Crippen molar-refractivity contribution >= 4 is 28.7 Å². The lowest BCUT2D eigenvalue weighted by Gasteiger charge is -2.25. The van der Waals surface area contributed by atoms with Gasteiger partial charge in [-0.3, -0.25) is 0 Å². The first-order chi connectivity index (χ1) is 8.43. The maximum absolute atomic E-state index is 13.9. The van der Waals surface area contributed by atoms with E-state index in [0.717, 1.165) is 19.4 Å². The van der Waals surface area contributed by atoms with Crippen molar-refractivity contribution in [2.24, 2.45) is 0 Å². The van der Waals surface area contributed by atoms with E-state index in [0.29, 0.717) is 6.54 Å². The van der Waals surface area contributed by atoms with Gasteiger partial charge in [-0.15, -0.1) is 0 Å². The van der Waals surface area contributed by atoms with Gasteiger partial charge < -0.3 is 21.5 Å². The first-order valence-electron chi connectivity index (χ1n) is 5.84. The summed E-state index contributed by atoms with van der Waals surface area (Å²) < 4.78 is 19.5. The van der Waals surface area contributed by atoms with E-state index in [-0.39, 0.29) is 27.7 Å². The van der Waals surface area contributed by atoms with E-state index in [1.54, 1.807) is 0 Å². The second kappa shape index (κ2) is 4.82. The minimum Gasteiger partial charge on any atom is -0.397 e. The molecule has 0 amide bonds. The Balaban J connectivity index is 2.17. The molecule has 1 atom stereocenters. The maximum Gasteiger partial charge on any atom is 0.169 e. The van der Waals surface area contributed by atoms with Crippen molar-refractivity contribution in [2.45, 2.75) is 25.4 Å². The lowest BCUT2D eigenvalue weighted by atomic mass is 10.0. The summed E-state index contributed by atoms with van der Waals surface area (Å²) in [7, 11) is 0. The summed E-state index contributed by atoms with van der Waals surface area (Å²) in [4.78, 5) is 0. The molecule has 1 aromatic rings. The summed E-state index contributed by atoms with van der Waals surface area (Å²) in [5, 5.41) is 2.86. The number of anilines is 3. The molecule has 1 aliphatic heterocycles. The molecule has 1 aromatic carbocycles. The van der Waals surface area contributed by atoms with E-state index in [1.807, 2.05) is 6.92 Å². The molecule has 18 heavy (non-hydrogen) atoms. The lowest BCUT2D eigenvalue weighted by molar-refractivity contribution is 0.0315. The van der Waals surface area contributed by atoms with Gasteiger partial charge in [0.2, 0.25) is 0 Å². The second-order valence-electron chi connectivity index (χ2n) is 4.81. The molecular weight excluding hydrogens is 257 g/mol. The van der Waals surface area contributed by atoms with Crippen LogP contribution < -0.4 is 16.8 Å². The van der Waals surface area contributed by atoms with Crippen LogP contribution in [-0.2, 0) is 4.74 Å². The van der Waals surface area contributed by atoms with Crippen LogP contribution in [0.15, 0.2) is 6.07 Å². The third kappa shape index (κ3) is 2.47. The zero-order chi connectivity index (χ0) is 13.3. The van der Waals surface area contributed by atoms with Crippen LogP contribution in [0.4, 0.5) is 21.5 Å². The van der Waals surface area contributed by atoms with Crippen LogP contribution in [0, 0.1) is 5.82 Å². The Kier molecular flexibility index (Phi) is 3.54. The normalized spacial score (nSPS) is 23.3.